The Bertz CT molecular complexity index is 1530. The maximum atomic E-state index is 14.2. The fraction of sp³-hybridized carbons (Fsp3) is 0.650. The predicted molar refractivity (Wildman–Crippen MR) is 214 cm³/mol. The molecule has 310 valence electrons. The van der Waals surface area contributed by atoms with Crippen molar-refractivity contribution in [1.29, 1.82) is 0 Å². The number of carbonyl (C=O) groups excluding carboxylic acids is 5. The summed E-state index contributed by atoms with van der Waals surface area (Å²) in [4.78, 5) is 74.7. The molecule has 0 unspecified atom stereocenters. The first-order valence-corrected chi connectivity index (χ1v) is 20.9. The van der Waals surface area contributed by atoms with Crippen molar-refractivity contribution in [3.63, 3.8) is 0 Å². The van der Waals surface area contributed by atoms with Gasteiger partial charge in [0.2, 0.25) is 11.8 Å². The van der Waals surface area contributed by atoms with E-state index in [2.05, 4.69) is 31.2 Å². The van der Waals surface area contributed by atoms with E-state index < -0.39 is 53.8 Å². The number of piperidine rings is 1. The molecule has 2 fully saturated rings. The number of hydrogen-bond donors (Lipinski definition) is 6. The highest BCUT2D eigenvalue weighted by molar-refractivity contribution is 7.99. The molecule has 15 nitrogen and oxygen atoms in total. The smallest absolute Gasteiger partial charge is 0.407 e. The van der Waals surface area contributed by atoms with Gasteiger partial charge in [0.15, 0.2) is 0 Å². The van der Waals surface area contributed by atoms with Crippen LogP contribution in [0.2, 0.25) is 0 Å². The molecule has 5 amide bonds. The quantitative estimate of drug-likeness (QED) is 0.0950. The van der Waals surface area contributed by atoms with Crippen molar-refractivity contribution in [1.82, 2.24) is 36.1 Å². The summed E-state index contributed by atoms with van der Waals surface area (Å²) in [5.41, 5.74) is 0.754. The SMILES string of the molecule is COC(=O)CSCC[C@H](O)[C@H](CC1CCCCC1)NC(=O)[C@H](Cc1c[nH]cn1)NC(=O)[C@H](Cc1ccccc1)NC(=O)N1CCC(NC(=O)OC(C)(C)C)CC1. The first-order chi connectivity index (χ1) is 26.8. The Kier molecular flexibility index (Phi) is 17.8. The zero-order valence-electron chi connectivity index (χ0n) is 33.2. The van der Waals surface area contributed by atoms with Crippen molar-refractivity contribution in [2.45, 2.75) is 127 Å². The Hall–Kier alpha value is -4.31. The van der Waals surface area contributed by atoms with Gasteiger partial charge in [0.05, 0.1) is 37.0 Å². The fourth-order valence-electron chi connectivity index (χ4n) is 7.09. The van der Waals surface area contributed by atoms with Gasteiger partial charge in [-0.15, -0.1) is 0 Å². The number of hydrogen-bond acceptors (Lipinski definition) is 10. The normalized spacial score (nSPS) is 17.5. The minimum absolute atomic E-state index is 0.0759. The number of carbonyl (C=O) groups is 5. The van der Waals surface area contributed by atoms with Gasteiger partial charge in [-0.1, -0.05) is 62.4 Å². The van der Waals surface area contributed by atoms with Crippen LogP contribution >= 0.6 is 11.8 Å². The van der Waals surface area contributed by atoms with Crippen molar-refractivity contribution in [2.24, 2.45) is 5.92 Å². The molecule has 0 bridgehead atoms. The topological polar surface area (TPSA) is 204 Å². The number of imidazole rings is 1. The monoisotopic (exact) mass is 799 g/mol. The van der Waals surface area contributed by atoms with Gasteiger partial charge in [0, 0.05) is 38.2 Å². The number of aromatic amines is 1. The molecule has 4 atom stereocenters. The van der Waals surface area contributed by atoms with E-state index in [1.165, 1.54) is 31.6 Å². The number of ether oxygens (including phenoxy) is 2. The van der Waals surface area contributed by atoms with Crippen LogP contribution in [0.1, 0.15) is 89.8 Å². The number of benzene rings is 1. The molecule has 2 aromatic rings. The molecule has 0 spiro atoms. The lowest BCUT2D eigenvalue weighted by atomic mass is 9.83. The summed E-state index contributed by atoms with van der Waals surface area (Å²) in [6.45, 7) is 6.12. The molecule has 2 aliphatic rings. The Morgan fingerprint density at radius 1 is 0.946 bits per heavy atom. The van der Waals surface area contributed by atoms with Crippen LogP contribution in [-0.2, 0) is 36.7 Å². The number of aliphatic hydroxyl groups excluding tert-OH is 1. The maximum absolute atomic E-state index is 14.2. The lowest BCUT2D eigenvalue weighted by Gasteiger charge is -2.34. The average molecular weight is 800 g/mol. The number of H-pyrrole nitrogens is 1. The largest absolute Gasteiger partial charge is 0.468 e. The van der Waals surface area contributed by atoms with Crippen molar-refractivity contribution in [2.75, 3.05) is 31.7 Å². The third-order valence-corrected chi connectivity index (χ3v) is 11.1. The van der Waals surface area contributed by atoms with Gasteiger partial charge in [0.1, 0.15) is 17.7 Å². The number of likely N-dealkylation sites (tertiary alicyclic amines) is 1. The highest BCUT2D eigenvalue weighted by Crippen LogP contribution is 2.29. The standard InChI is InChI=1S/C40H61N7O8S/c1-40(2,3)55-39(53)43-29-15-18-47(19-16-29)38(52)46-32(22-28-13-9-6-10-14-28)36(50)45-33(23-30-24-41-26-42-30)37(51)44-31(21-27-11-7-5-8-12-27)34(48)17-20-56-25-35(49)54-4/h6,9-10,13-14,24,26-27,29,31-34,48H,5,7-8,11-12,15-23,25H2,1-4H3,(H,41,42)(H,43,53)(H,44,51)(H,45,50)(H,46,52)/t31-,32-,33-,34-/m0/s1. The number of urea groups is 1. The molecule has 4 rings (SSSR count). The Labute approximate surface area is 334 Å². The highest BCUT2D eigenvalue weighted by Gasteiger charge is 2.33. The number of aliphatic hydroxyl groups is 1. The first-order valence-electron chi connectivity index (χ1n) is 19.8. The Balaban J connectivity index is 1.46. The molecule has 1 aromatic carbocycles. The van der Waals surface area contributed by atoms with Crippen molar-refractivity contribution in [3.8, 4) is 0 Å². The summed E-state index contributed by atoms with van der Waals surface area (Å²) in [5, 5.41) is 23.2. The molecule has 1 saturated heterocycles. The number of amides is 5. The average Bonchev–Trinajstić information content (AvgIpc) is 3.69. The van der Waals surface area contributed by atoms with Gasteiger partial charge in [-0.2, -0.15) is 11.8 Å². The van der Waals surface area contributed by atoms with Crippen LogP contribution < -0.4 is 21.3 Å². The van der Waals surface area contributed by atoms with E-state index in [-0.39, 0.29) is 30.6 Å². The van der Waals surface area contributed by atoms with Gasteiger partial charge < -0.3 is 45.7 Å². The van der Waals surface area contributed by atoms with Crippen LogP contribution in [0.25, 0.3) is 0 Å². The summed E-state index contributed by atoms with van der Waals surface area (Å²) in [6.07, 6.45) is 9.42. The van der Waals surface area contributed by atoms with E-state index in [1.54, 1.807) is 31.9 Å². The molecule has 56 heavy (non-hydrogen) atoms. The number of alkyl carbamates (subject to hydrolysis) is 1. The van der Waals surface area contributed by atoms with Crippen LogP contribution in [0, 0.1) is 5.92 Å². The second-order valence-corrected chi connectivity index (χ2v) is 16.9. The van der Waals surface area contributed by atoms with Crippen LogP contribution in [0.3, 0.4) is 0 Å². The zero-order valence-corrected chi connectivity index (χ0v) is 34.0. The minimum Gasteiger partial charge on any atom is -0.468 e. The number of esters is 1. The number of nitrogens with zero attached hydrogens (tertiary/aromatic N) is 2. The maximum Gasteiger partial charge on any atom is 0.407 e. The third kappa shape index (κ3) is 15.7. The molecule has 1 aromatic heterocycles. The van der Waals surface area contributed by atoms with Gasteiger partial charge >= 0.3 is 18.1 Å². The van der Waals surface area contributed by atoms with Crippen molar-refractivity contribution < 1.29 is 38.6 Å². The third-order valence-electron chi connectivity index (χ3n) is 10.1. The molecule has 1 aliphatic heterocycles. The summed E-state index contributed by atoms with van der Waals surface area (Å²) >= 11 is 1.36. The van der Waals surface area contributed by atoms with E-state index in [4.69, 9.17) is 9.47 Å². The van der Waals surface area contributed by atoms with E-state index in [0.717, 1.165) is 31.2 Å². The van der Waals surface area contributed by atoms with Gasteiger partial charge in [-0.05, 0) is 63.7 Å². The summed E-state index contributed by atoms with van der Waals surface area (Å²) < 4.78 is 10.1. The van der Waals surface area contributed by atoms with Crippen LogP contribution in [0.15, 0.2) is 42.9 Å². The van der Waals surface area contributed by atoms with Crippen molar-refractivity contribution >= 4 is 41.7 Å². The predicted octanol–water partition coefficient (Wildman–Crippen LogP) is 3.86. The number of thioether (sulfide) groups is 1. The minimum atomic E-state index is -1.06. The molecule has 2 heterocycles. The summed E-state index contributed by atoms with van der Waals surface area (Å²) in [6, 6.07) is 6.08. The lowest BCUT2D eigenvalue weighted by Crippen LogP contribution is -2.59. The van der Waals surface area contributed by atoms with Gasteiger partial charge in [-0.25, -0.2) is 14.6 Å². The first kappa shape index (κ1) is 44.4. The molecule has 6 N–H and O–H groups in total. The number of aromatic nitrogens is 2. The van der Waals surface area contributed by atoms with Crippen LogP contribution in [-0.4, -0.2) is 117 Å². The molecular formula is C40H61N7O8S. The molecule has 1 aliphatic carbocycles. The second kappa shape index (κ2) is 22.4. The molecular weight excluding hydrogens is 739 g/mol. The van der Waals surface area contributed by atoms with Crippen molar-refractivity contribution in [3.05, 3.63) is 54.1 Å². The second-order valence-electron chi connectivity index (χ2n) is 15.8. The number of nitrogens with one attached hydrogen (secondary N) is 5. The van der Waals surface area contributed by atoms with Gasteiger partial charge in [-0.3, -0.25) is 14.4 Å². The summed E-state index contributed by atoms with van der Waals surface area (Å²) in [7, 11) is 1.34. The molecule has 16 heteroatoms. The van der Waals surface area contributed by atoms with E-state index in [9.17, 15) is 29.1 Å². The lowest BCUT2D eigenvalue weighted by molar-refractivity contribution is -0.137. The van der Waals surface area contributed by atoms with Crippen LogP contribution in [0.4, 0.5) is 9.59 Å². The highest BCUT2D eigenvalue weighted by atomic mass is 32.2. The zero-order chi connectivity index (χ0) is 40.5. The van der Waals surface area contributed by atoms with E-state index in [1.807, 2.05) is 30.3 Å². The van der Waals surface area contributed by atoms with E-state index >= 15 is 0 Å². The molecule has 0 radical (unpaired) electrons. The van der Waals surface area contributed by atoms with E-state index in [0.29, 0.717) is 56.1 Å². The molecule has 1 saturated carbocycles. The Morgan fingerprint density at radius 2 is 1.62 bits per heavy atom. The fourth-order valence-corrected chi connectivity index (χ4v) is 7.93. The number of rotatable bonds is 18. The van der Waals surface area contributed by atoms with Crippen LogP contribution in [0.5, 0.6) is 0 Å². The summed E-state index contributed by atoms with van der Waals surface area (Å²) in [5.74, 6) is -0.331. The number of methoxy groups -OCH3 is 1. The van der Waals surface area contributed by atoms with Gasteiger partial charge in [0.25, 0.3) is 0 Å². The Morgan fingerprint density at radius 3 is 2.27 bits per heavy atom.